The van der Waals surface area contributed by atoms with E-state index in [2.05, 4.69) is 14.9 Å². The van der Waals surface area contributed by atoms with Crippen LogP contribution in [-0.2, 0) is 17.7 Å². The van der Waals surface area contributed by atoms with E-state index in [4.69, 9.17) is 9.47 Å². The molecule has 15 heteroatoms. The number of amides is 2. The van der Waals surface area contributed by atoms with Crippen LogP contribution in [0.15, 0.2) is 70.8 Å². The lowest BCUT2D eigenvalue weighted by Gasteiger charge is -2.47. The molecule has 0 aliphatic carbocycles. The molecule has 272 valence electrons. The summed E-state index contributed by atoms with van der Waals surface area (Å²) in [6, 6.07) is 17.9. The number of fused-ring (bicyclic) bond motifs is 1. The molecule has 7 rings (SSSR count). The number of thiazole rings is 2. The summed E-state index contributed by atoms with van der Waals surface area (Å²) in [6.45, 7) is 4.33. The number of benzene rings is 3. The summed E-state index contributed by atoms with van der Waals surface area (Å²) in [5.74, 6) is 0.314. The Balaban J connectivity index is 0.872. The van der Waals surface area contributed by atoms with Gasteiger partial charge in [0.2, 0.25) is 0 Å². The zero-order valence-electron chi connectivity index (χ0n) is 28.3. The topological polar surface area (TPSA) is 169 Å². The van der Waals surface area contributed by atoms with Gasteiger partial charge >= 0.3 is 11.0 Å². The van der Waals surface area contributed by atoms with Gasteiger partial charge in [0, 0.05) is 55.3 Å². The number of likely N-dealkylation sites (tertiary alicyclic amines) is 1. The van der Waals surface area contributed by atoms with Crippen molar-refractivity contribution in [3.05, 3.63) is 92.5 Å². The maximum absolute atomic E-state index is 13.4. The van der Waals surface area contributed by atoms with E-state index in [0.717, 1.165) is 53.4 Å². The molecule has 4 heterocycles. The highest BCUT2D eigenvalue weighted by Gasteiger charge is 2.41. The number of H-pyrrole nitrogens is 1. The van der Waals surface area contributed by atoms with Crippen molar-refractivity contribution in [3.8, 4) is 27.8 Å². The zero-order chi connectivity index (χ0) is 36.2. The van der Waals surface area contributed by atoms with Gasteiger partial charge < -0.3 is 39.6 Å². The minimum Gasteiger partial charge on any atom is -0.507 e. The first-order valence-corrected chi connectivity index (χ1v) is 18.8. The number of hydrogen-bond donors (Lipinski definition) is 4. The summed E-state index contributed by atoms with van der Waals surface area (Å²) in [4.78, 5) is 49.6. The molecule has 2 fully saturated rings. The largest absolute Gasteiger partial charge is 0.507 e. The minimum atomic E-state index is -1.14. The number of hydrogen-bond acceptors (Lipinski definition) is 11. The number of morpholine rings is 1. The van der Waals surface area contributed by atoms with E-state index in [0.29, 0.717) is 66.5 Å². The fourth-order valence-electron chi connectivity index (χ4n) is 6.79. The Labute approximate surface area is 307 Å². The fourth-order valence-corrected chi connectivity index (χ4v) is 8.48. The molecule has 2 aliphatic heterocycles. The molecular weight excluding hydrogens is 707 g/mol. The third-order valence-electron chi connectivity index (χ3n) is 9.70. The molecule has 5 aromatic rings. The third kappa shape index (κ3) is 7.92. The van der Waals surface area contributed by atoms with Gasteiger partial charge in [-0.2, -0.15) is 0 Å². The summed E-state index contributed by atoms with van der Waals surface area (Å²) in [5.41, 5.74) is 2.61. The van der Waals surface area contributed by atoms with Crippen LogP contribution in [-0.4, -0.2) is 110 Å². The Morgan fingerprint density at radius 3 is 2.58 bits per heavy atom. The molecular formula is C37H39N5O8S2. The van der Waals surface area contributed by atoms with E-state index in [1.165, 1.54) is 28.4 Å². The SMILES string of the molecule is O=C(O)N(CCc1ccc(O)c2[nH]c(=O)sc12)Cc1ccc(OCCN2CCC3(CC2)CN(C(=O)c2csc(-c4ccccc4)n2)CCO3)cc1O. The lowest BCUT2D eigenvalue weighted by atomic mass is 9.89. The molecule has 0 bridgehead atoms. The number of aromatic nitrogens is 2. The molecule has 2 saturated heterocycles. The first kappa shape index (κ1) is 35.4. The van der Waals surface area contributed by atoms with E-state index in [1.807, 2.05) is 40.6 Å². The van der Waals surface area contributed by atoms with Gasteiger partial charge in [0.25, 0.3) is 5.91 Å². The number of rotatable bonds is 11. The van der Waals surface area contributed by atoms with Crippen molar-refractivity contribution in [1.82, 2.24) is 24.7 Å². The van der Waals surface area contributed by atoms with Gasteiger partial charge in [0.05, 0.1) is 30.0 Å². The monoisotopic (exact) mass is 745 g/mol. The molecule has 0 unspecified atom stereocenters. The van der Waals surface area contributed by atoms with Crippen molar-refractivity contribution in [2.45, 2.75) is 31.4 Å². The van der Waals surface area contributed by atoms with Crippen molar-refractivity contribution in [2.75, 3.05) is 52.5 Å². The van der Waals surface area contributed by atoms with Crippen LogP contribution in [0.5, 0.6) is 17.2 Å². The van der Waals surface area contributed by atoms with Crippen molar-refractivity contribution in [1.29, 1.82) is 0 Å². The predicted molar refractivity (Wildman–Crippen MR) is 198 cm³/mol. The number of ether oxygens (including phenoxy) is 2. The Morgan fingerprint density at radius 2 is 1.81 bits per heavy atom. The average Bonchev–Trinajstić information content (AvgIpc) is 3.80. The maximum Gasteiger partial charge on any atom is 0.407 e. The Kier molecular flexibility index (Phi) is 10.5. The standard InChI is InChI=1S/C37H39N5O8S2/c43-29-9-7-24(32-31(29)39-35(46)52-32)10-13-41(36(47)48)21-26-6-8-27(20-30(26)44)49-18-16-40-14-11-37(12-15-40)23-42(17-19-50-37)34(45)28-22-51-33(38-28)25-4-2-1-3-5-25/h1-9,20,22,43-44H,10-19,21,23H2,(H,39,46)(H,47,48). The molecule has 13 nitrogen and oxygen atoms in total. The Hall–Kier alpha value is -4.96. The van der Waals surface area contributed by atoms with Crippen LogP contribution < -0.4 is 9.61 Å². The number of carboxylic acid groups (broad SMARTS) is 1. The Bertz CT molecular complexity index is 2110. The molecule has 2 amide bonds. The van der Waals surface area contributed by atoms with E-state index in [-0.39, 0.29) is 41.0 Å². The highest BCUT2D eigenvalue weighted by atomic mass is 32.1. The third-order valence-corrected chi connectivity index (χ3v) is 11.6. The van der Waals surface area contributed by atoms with Crippen LogP contribution >= 0.6 is 22.7 Å². The van der Waals surface area contributed by atoms with Gasteiger partial charge in [0.1, 0.15) is 40.1 Å². The molecule has 0 radical (unpaired) electrons. The number of aromatic amines is 1. The van der Waals surface area contributed by atoms with Crippen LogP contribution in [0.2, 0.25) is 0 Å². The Morgan fingerprint density at radius 1 is 1.02 bits per heavy atom. The van der Waals surface area contributed by atoms with Crippen molar-refractivity contribution in [3.63, 3.8) is 0 Å². The van der Waals surface area contributed by atoms with Gasteiger partial charge in [-0.1, -0.05) is 47.7 Å². The maximum atomic E-state index is 13.4. The van der Waals surface area contributed by atoms with Gasteiger partial charge in [-0.05, 0) is 43.0 Å². The minimum absolute atomic E-state index is 0.0365. The summed E-state index contributed by atoms with van der Waals surface area (Å²) in [5, 5.41) is 33.3. The van der Waals surface area contributed by atoms with E-state index >= 15 is 0 Å². The van der Waals surface area contributed by atoms with Crippen molar-refractivity contribution < 1.29 is 34.4 Å². The molecule has 3 aromatic carbocycles. The van der Waals surface area contributed by atoms with Gasteiger partial charge in [-0.3, -0.25) is 14.5 Å². The molecule has 2 aromatic heterocycles. The van der Waals surface area contributed by atoms with Crippen molar-refractivity contribution in [2.24, 2.45) is 0 Å². The van der Waals surface area contributed by atoms with Gasteiger partial charge in [-0.25, -0.2) is 9.78 Å². The first-order valence-electron chi connectivity index (χ1n) is 17.1. The number of aromatic hydroxyl groups is 2. The summed E-state index contributed by atoms with van der Waals surface area (Å²) < 4.78 is 12.8. The van der Waals surface area contributed by atoms with E-state index in [1.54, 1.807) is 18.2 Å². The normalized spacial score (nSPS) is 16.0. The van der Waals surface area contributed by atoms with Gasteiger partial charge in [-0.15, -0.1) is 11.3 Å². The lowest BCUT2D eigenvalue weighted by molar-refractivity contribution is -0.127. The second kappa shape index (κ2) is 15.3. The fraction of sp³-hybridized carbons (Fsp3) is 0.351. The van der Waals surface area contributed by atoms with E-state index in [9.17, 15) is 29.7 Å². The van der Waals surface area contributed by atoms with Crippen molar-refractivity contribution >= 4 is 44.9 Å². The predicted octanol–water partition coefficient (Wildman–Crippen LogP) is 5.23. The summed E-state index contributed by atoms with van der Waals surface area (Å²) in [7, 11) is 0. The number of nitrogens with zero attached hydrogens (tertiary/aromatic N) is 4. The molecule has 52 heavy (non-hydrogen) atoms. The number of piperidine rings is 1. The van der Waals surface area contributed by atoms with Crippen LogP contribution in [0.4, 0.5) is 4.79 Å². The van der Waals surface area contributed by atoms with Crippen LogP contribution in [0, 0.1) is 0 Å². The quantitative estimate of drug-likeness (QED) is 0.141. The molecule has 2 aliphatic rings. The van der Waals surface area contributed by atoms with E-state index < -0.39 is 6.09 Å². The molecule has 1 spiro atoms. The average molecular weight is 746 g/mol. The van der Waals surface area contributed by atoms with Crippen LogP contribution in [0.25, 0.3) is 20.8 Å². The van der Waals surface area contributed by atoms with Crippen LogP contribution in [0.1, 0.15) is 34.5 Å². The number of nitrogens with one attached hydrogen (secondary N) is 1. The number of carbonyl (C=O) groups is 2. The number of carbonyl (C=O) groups excluding carboxylic acids is 1. The summed E-state index contributed by atoms with van der Waals surface area (Å²) in [6.07, 6.45) is 0.764. The summed E-state index contributed by atoms with van der Waals surface area (Å²) >= 11 is 2.44. The highest BCUT2D eigenvalue weighted by molar-refractivity contribution is 7.16. The molecule has 0 atom stereocenters. The first-order chi connectivity index (χ1) is 25.2. The number of phenols is 2. The second-order valence-electron chi connectivity index (χ2n) is 13.1. The second-order valence-corrected chi connectivity index (χ2v) is 14.9. The van der Waals surface area contributed by atoms with Gasteiger partial charge in [0.15, 0.2) is 0 Å². The number of phenolic OH excluding ortho intramolecular Hbond substituents is 2. The zero-order valence-corrected chi connectivity index (χ0v) is 30.0. The molecule has 0 saturated carbocycles. The highest BCUT2D eigenvalue weighted by Crippen LogP contribution is 2.33. The van der Waals surface area contributed by atoms with Crippen LogP contribution in [0.3, 0.4) is 0 Å². The molecule has 4 N–H and O–H groups in total. The lowest BCUT2D eigenvalue weighted by Crippen LogP contribution is -2.58. The smallest absolute Gasteiger partial charge is 0.407 e.